The Morgan fingerprint density at radius 2 is 1.31 bits per heavy atom. The molecule has 4 heteroatoms. The number of imidazole rings is 1. The molecule has 0 amide bonds. The molecule has 0 atom stereocenters. The molecule has 48 heavy (non-hydrogen) atoms. The zero-order valence-corrected chi connectivity index (χ0v) is 27.2. The Morgan fingerprint density at radius 3 is 2.06 bits per heavy atom. The van der Waals surface area contributed by atoms with Crippen molar-refractivity contribution < 1.29 is 0 Å². The molecule has 0 spiro atoms. The zero-order valence-electron chi connectivity index (χ0n) is 27.2. The summed E-state index contributed by atoms with van der Waals surface area (Å²) in [6, 6.07) is 43.0. The third-order valence-electron chi connectivity index (χ3n) is 8.98. The summed E-state index contributed by atoms with van der Waals surface area (Å²) in [5.74, 6) is 0. The lowest BCUT2D eigenvalue weighted by atomic mass is 9.96. The molecule has 0 saturated heterocycles. The Hall–Kier alpha value is -6.13. The van der Waals surface area contributed by atoms with Gasteiger partial charge in [-0.3, -0.25) is 14.4 Å². The number of allylic oxidation sites excluding steroid dienone is 4. The van der Waals surface area contributed by atoms with E-state index in [2.05, 4.69) is 126 Å². The van der Waals surface area contributed by atoms with E-state index >= 15 is 0 Å². The number of fused-ring (bicyclic) bond motifs is 6. The van der Waals surface area contributed by atoms with Crippen LogP contribution in [0.1, 0.15) is 19.5 Å². The summed E-state index contributed by atoms with van der Waals surface area (Å²) in [6.45, 7) is 6.08. The first-order valence-electron chi connectivity index (χ1n) is 16.3. The van der Waals surface area contributed by atoms with E-state index in [9.17, 15) is 0 Å². The summed E-state index contributed by atoms with van der Waals surface area (Å²) < 4.78 is 2.20. The van der Waals surface area contributed by atoms with E-state index in [1.165, 1.54) is 27.5 Å². The van der Waals surface area contributed by atoms with Gasteiger partial charge >= 0.3 is 0 Å². The van der Waals surface area contributed by atoms with Gasteiger partial charge in [-0.15, -0.1) is 0 Å². The summed E-state index contributed by atoms with van der Waals surface area (Å²) in [6.07, 6.45) is 10.2. The molecule has 0 N–H and O–H groups in total. The van der Waals surface area contributed by atoms with Gasteiger partial charge in [0.05, 0.1) is 28.1 Å². The topological polar surface area (TPSA) is 42.5 Å². The zero-order chi connectivity index (χ0) is 32.6. The second-order valence-electron chi connectivity index (χ2n) is 12.1. The smallest absolute Gasteiger partial charge is 0.137 e. The van der Waals surface area contributed by atoms with E-state index in [-0.39, 0.29) is 0 Å². The largest absolute Gasteiger partial charge is 0.299 e. The van der Waals surface area contributed by atoms with Crippen LogP contribution >= 0.6 is 0 Å². The van der Waals surface area contributed by atoms with Gasteiger partial charge in [-0.1, -0.05) is 121 Å². The van der Waals surface area contributed by atoms with Crippen LogP contribution in [-0.2, 0) is 0 Å². The van der Waals surface area contributed by atoms with Gasteiger partial charge in [0, 0.05) is 39.2 Å². The van der Waals surface area contributed by atoms with E-state index in [0.717, 1.165) is 61.4 Å². The number of nitrogens with zero attached hydrogens (tertiary/aromatic N) is 4. The molecular weight excluding hydrogens is 585 g/mol. The number of pyridine rings is 2. The molecule has 0 unspecified atom stereocenters. The molecule has 4 nitrogen and oxygen atoms in total. The van der Waals surface area contributed by atoms with Gasteiger partial charge in [-0.05, 0) is 67.1 Å². The lowest BCUT2D eigenvalue weighted by molar-refractivity contribution is 1.21. The van der Waals surface area contributed by atoms with Gasteiger partial charge in [0.1, 0.15) is 5.65 Å². The van der Waals surface area contributed by atoms with Crippen LogP contribution in [-0.4, -0.2) is 20.1 Å². The first-order chi connectivity index (χ1) is 23.6. The number of aliphatic imine (C=N–C) groups is 1. The van der Waals surface area contributed by atoms with Crippen molar-refractivity contribution >= 4 is 49.6 Å². The number of rotatable bonds is 6. The summed E-state index contributed by atoms with van der Waals surface area (Å²) in [7, 11) is 0. The van der Waals surface area contributed by atoms with Gasteiger partial charge < -0.3 is 0 Å². The lowest BCUT2D eigenvalue weighted by Crippen LogP contribution is -1.93. The Balaban J connectivity index is 1.15. The second-order valence-corrected chi connectivity index (χ2v) is 12.1. The minimum Gasteiger partial charge on any atom is -0.299 e. The van der Waals surface area contributed by atoms with E-state index in [0.29, 0.717) is 0 Å². The Kier molecular flexibility index (Phi) is 7.46. The molecule has 0 radical (unpaired) electrons. The highest BCUT2D eigenvalue weighted by atomic mass is 15.0. The Morgan fingerprint density at radius 1 is 0.667 bits per heavy atom. The SMILES string of the molecule is C/C=C\C=C/C(C)=Nc1c(C)nc(-c2ccc(-c3ccc(-c4cc5ccccc5c5nc6ccccn6c45)cc3)cc2)c2ccccc12. The molecule has 8 aromatic rings. The fraction of sp³-hybridized carbons (Fsp3) is 0.0682. The Labute approximate surface area is 280 Å². The molecule has 0 bridgehead atoms. The van der Waals surface area contributed by atoms with Crippen molar-refractivity contribution in [3.63, 3.8) is 0 Å². The van der Waals surface area contributed by atoms with Crippen molar-refractivity contribution in [1.29, 1.82) is 0 Å². The van der Waals surface area contributed by atoms with Crippen LogP contribution in [0.25, 0.3) is 71.7 Å². The van der Waals surface area contributed by atoms with Crippen LogP contribution in [0.3, 0.4) is 0 Å². The van der Waals surface area contributed by atoms with Gasteiger partial charge in [0.2, 0.25) is 0 Å². The van der Waals surface area contributed by atoms with Crippen LogP contribution in [0.4, 0.5) is 5.69 Å². The number of benzene rings is 5. The number of hydrogen-bond donors (Lipinski definition) is 0. The molecule has 0 fully saturated rings. The van der Waals surface area contributed by atoms with Crippen molar-refractivity contribution in [2.75, 3.05) is 0 Å². The van der Waals surface area contributed by atoms with Gasteiger partial charge in [0.15, 0.2) is 0 Å². The number of aryl methyl sites for hydroxylation is 1. The average Bonchev–Trinajstić information content (AvgIpc) is 3.53. The summed E-state index contributed by atoms with van der Waals surface area (Å²) in [4.78, 5) is 15.1. The number of hydrogen-bond acceptors (Lipinski definition) is 3. The maximum absolute atomic E-state index is 5.08. The van der Waals surface area contributed by atoms with Crippen molar-refractivity contribution in [1.82, 2.24) is 14.4 Å². The van der Waals surface area contributed by atoms with Crippen LogP contribution in [0, 0.1) is 6.92 Å². The van der Waals surface area contributed by atoms with E-state index in [4.69, 9.17) is 15.0 Å². The highest BCUT2D eigenvalue weighted by Gasteiger charge is 2.16. The summed E-state index contributed by atoms with van der Waals surface area (Å²) >= 11 is 0. The third-order valence-corrected chi connectivity index (χ3v) is 8.98. The fourth-order valence-electron chi connectivity index (χ4n) is 6.64. The van der Waals surface area contributed by atoms with Crippen LogP contribution in [0.2, 0.25) is 0 Å². The minimum atomic E-state index is 0.913. The van der Waals surface area contributed by atoms with Gasteiger partial charge in [-0.2, -0.15) is 0 Å². The Bertz CT molecular complexity index is 2570. The van der Waals surface area contributed by atoms with E-state index < -0.39 is 0 Å². The first kappa shape index (κ1) is 29.3. The molecule has 0 aliphatic rings. The lowest BCUT2D eigenvalue weighted by Gasteiger charge is -2.13. The predicted molar refractivity (Wildman–Crippen MR) is 203 cm³/mol. The maximum Gasteiger partial charge on any atom is 0.137 e. The quantitative estimate of drug-likeness (QED) is 0.137. The van der Waals surface area contributed by atoms with Gasteiger partial charge in [-0.25, -0.2) is 4.98 Å². The van der Waals surface area contributed by atoms with Crippen molar-refractivity contribution in [3.8, 4) is 33.5 Å². The van der Waals surface area contributed by atoms with Crippen LogP contribution in [0.15, 0.2) is 157 Å². The van der Waals surface area contributed by atoms with Crippen molar-refractivity contribution in [2.24, 2.45) is 4.99 Å². The predicted octanol–water partition coefficient (Wildman–Crippen LogP) is 11.7. The molecule has 0 saturated carbocycles. The molecule has 3 heterocycles. The summed E-state index contributed by atoms with van der Waals surface area (Å²) in [5.41, 5.74) is 12.6. The molecule has 0 aliphatic heterocycles. The average molecular weight is 619 g/mol. The molecule has 230 valence electrons. The standard InChI is InChI=1S/C44H34N4/c1-4-5-6-13-29(2)45-41-30(3)46-42(38-17-10-9-16-37(38)41)34-25-21-32(22-26-34)31-19-23-33(24-20-31)39-28-35-14-7-8-15-36(35)43-44(39)48-27-12-11-18-40(48)47-43/h4-28H,1-3H3/b5-4-,13-6-,45-29?. The van der Waals surface area contributed by atoms with E-state index in [1.807, 2.05) is 51.1 Å². The third kappa shape index (κ3) is 5.18. The van der Waals surface area contributed by atoms with Crippen LogP contribution < -0.4 is 0 Å². The normalized spacial score (nSPS) is 12.4. The second kappa shape index (κ2) is 12.2. The van der Waals surface area contributed by atoms with Crippen molar-refractivity contribution in [2.45, 2.75) is 20.8 Å². The van der Waals surface area contributed by atoms with E-state index in [1.54, 1.807) is 0 Å². The maximum atomic E-state index is 5.08. The molecule has 8 rings (SSSR count). The highest BCUT2D eigenvalue weighted by molar-refractivity contribution is 6.12. The molecular formula is C44H34N4. The summed E-state index contributed by atoms with van der Waals surface area (Å²) in [5, 5.41) is 4.56. The molecule has 0 aliphatic carbocycles. The minimum absolute atomic E-state index is 0.913. The number of aromatic nitrogens is 3. The van der Waals surface area contributed by atoms with Crippen molar-refractivity contribution in [3.05, 3.63) is 158 Å². The molecule has 5 aromatic carbocycles. The first-order valence-corrected chi connectivity index (χ1v) is 16.3. The fourth-order valence-corrected chi connectivity index (χ4v) is 6.64. The highest BCUT2D eigenvalue weighted by Crippen LogP contribution is 2.38. The monoisotopic (exact) mass is 618 g/mol. The molecule has 3 aromatic heterocycles. The van der Waals surface area contributed by atoms with Crippen LogP contribution in [0.5, 0.6) is 0 Å². The van der Waals surface area contributed by atoms with Gasteiger partial charge in [0.25, 0.3) is 0 Å².